The molecule has 0 saturated carbocycles. The lowest BCUT2D eigenvalue weighted by Gasteiger charge is -2.15. The Bertz CT molecular complexity index is 1220. The molecule has 9 heteroatoms. The Hall–Kier alpha value is -2.81. The van der Waals surface area contributed by atoms with E-state index in [1.165, 1.54) is 64.9 Å². The van der Waals surface area contributed by atoms with E-state index in [4.69, 9.17) is 16.7 Å². The second-order valence-corrected chi connectivity index (χ2v) is 8.13. The van der Waals surface area contributed by atoms with Crippen molar-refractivity contribution in [1.82, 2.24) is 9.78 Å². The molecule has 150 valence electrons. The van der Waals surface area contributed by atoms with E-state index < -0.39 is 27.4 Å². The maximum atomic E-state index is 13.4. The van der Waals surface area contributed by atoms with Crippen LogP contribution < -0.4 is 10.7 Å². The maximum absolute atomic E-state index is 13.4. The number of hydrogen-bond acceptors (Lipinski definition) is 4. The Morgan fingerprint density at radius 1 is 1.10 bits per heavy atom. The number of sulfonamides is 1. The molecule has 0 amide bonds. The number of benzene rings is 2. The van der Waals surface area contributed by atoms with E-state index in [2.05, 4.69) is 5.10 Å². The lowest BCUT2D eigenvalue weighted by atomic mass is 9.97. The number of hydrogen-bond donors (Lipinski definition) is 1. The molecule has 1 aromatic heterocycles. The predicted octanol–water partition coefficient (Wildman–Crippen LogP) is 3.68. The second-order valence-electron chi connectivity index (χ2n) is 6.32. The summed E-state index contributed by atoms with van der Waals surface area (Å²) in [4.78, 5) is 13.2. The fourth-order valence-corrected chi connectivity index (χ4v) is 3.61. The Labute approximate surface area is 172 Å². The number of rotatable bonds is 5. The fourth-order valence-electron chi connectivity index (χ4n) is 2.88. The van der Waals surface area contributed by atoms with Gasteiger partial charge in [0.2, 0.25) is 10.0 Å². The number of halogens is 2. The van der Waals surface area contributed by atoms with Crippen LogP contribution in [0.5, 0.6) is 0 Å². The lowest BCUT2D eigenvalue weighted by Crippen LogP contribution is -2.27. The van der Waals surface area contributed by atoms with E-state index in [1.807, 2.05) is 0 Å². The molecule has 0 aliphatic rings. The van der Waals surface area contributed by atoms with Gasteiger partial charge in [-0.3, -0.25) is 4.79 Å². The van der Waals surface area contributed by atoms with Gasteiger partial charge in [0.15, 0.2) is 0 Å². The van der Waals surface area contributed by atoms with Gasteiger partial charge in [-0.1, -0.05) is 35.9 Å². The molecule has 0 spiro atoms. The summed E-state index contributed by atoms with van der Waals surface area (Å²) in [5.74, 6) is -0.430. The molecule has 2 N–H and O–H groups in total. The quantitative estimate of drug-likeness (QED) is 0.664. The van der Waals surface area contributed by atoms with E-state index in [0.29, 0.717) is 22.3 Å². The zero-order chi connectivity index (χ0) is 21.2. The van der Waals surface area contributed by atoms with Gasteiger partial charge < -0.3 is 0 Å². The molecule has 0 aliphatic carbocycles. The molecule has 1 atom stereocenters. The van der Waals surface area contributed by atoms with Crippen LogP contribution in [-0.4, -0.2) is 18.2 Å². The smallest absolute Gasteiger partial charge is 0.267 e. The number of nitrogens with zero attached hydrogens (tertiary/aromatic N) is 2. The third kappa shape index (κ3) is 4.45. The normalized spacial score (nSPS) is 13.0. The van der Waals surface area contributed by atoms with Crippen molar-refractivity contribution in [3.63, 3.8) is 0 Å². The highest BCUT2D eigenvalue weighted by molar-refractivity contribution is 7.89. The molecule has 3 rings (SSSR count). The van der Waals surface area contributed by atoms with Gasteiger partial charge in [-0.15, -0.1) is 0 Å². The highest BCUT2D eigenvalue weighted by Gasteiger charge is 2.18. The molecular formula is C20H17ClFN3O3S. The molecule has 0 saturated heterocycles. The van der Waals surface area contributed by atoms with Crippen molar-refractivity contribution in [3.8, 4) is 22.3 Å². The molecule has 29 heavy (non-hydrogen) atoms. The summed E-state index contributed by atoms with van der Waals surface area (Å²) in [5.41, 5.74) is 2.75. The van der Waals surface area contributed by atoms with Crippen molar-refractivity contribution in [2.45, 2.75) is 17.9 Å². The zero-order valence-corrected chi connectivity index (χ0v) is 16.9. The van der Waals surface area contributed by atoms with Crippen LogP contribution in [0, 0.1) is 5.82 Å². The van der Waals surface area contributed by atoms with Crippen molar-refractivity contribution < 1.29 is 12.8 Å². The third-order valence-corrected chi connectivity index (χ3v) is 5.44. The van der Waals surface area contributed by atoms with Crippen LogP contribution in [0.4, 0.5) is 4.39 Å². The zero-order valence-electron chi connectivity index (χ0n) is 15.3. The number of nitrogens with two attached hydrogens (primary N) is 1. The molecule has 2 aromatic carbocycles. The number of primary sulfonamides is 1. The topological polar surface area (TPSA) is 95.1 Å². The van der Waals surface area contributed by atoms with Gasteiger partial charge in [-0.25, -0.2) is 22.6 Å². The third-order valence-electron chi connectivity index (χ3n) is 4.37. The first-order valence-electron chi connectivity index (χ1n) is 8.50. The fraction of sp³-hybridized carbons (Fsp3) is 0.100. The Morgan fingerprint density at radius 3 is 2.24 bits per heavy atom. The summed E-state index contributed by atoms with van der Waals surface area (Å²) >= 11 is 5.63. The average molecular weight is 434 g/mol. The molecule has 0 bridgehead atoms. The van der Waals surface area contributed by atoms with Crippen LogP contribution in [0.3, 0.4) is 0 Å². The summed E-state index contributed by atoms with van der Waals surface area (Å²) in [7, 11) is -3.84. The van der Waals surface area contributed by atoms with E-state index in [9.17, 15) is 17.6 Å². The standard InChI is InChI=1S/C20H17ClFN3O3S/c1-13(10-11-21)25-20(26)19(15-2-6-16(22)7-3-15)18(12-24-25)14-4-8-17(9-5-14)29(23,27)28/h2-13H,1H3,(H2,23,27,28)/b11-10+. The monoisotopic (exact) mass is 433 g/mol. The Balaban J connectivity index is 2.25. The highest BCUT2D eigenvalue weighted by Crippen LogP contribution is 2.30. The van der Waals surface area contributed by atoms with Crippen molar-refractivity contribution in [3.05, 3.63) is 82.5 Å². The van der Waals surface area contributed by atoms with Gasteiger partial charge in [0, 0.05) is 11.1 Å². The lowest BCUT2D eigenvalue weighted by molar-refractivity contribution is 0.548. The summed E-state index contributed by atoms with van der Waals surface area (Å²) in [6.45, 7) is 1.75. The van der Waals surface area contributed by atoms with E-state index in [-0.39, 0.29) is 4.90 Å². The van der Waals surface area contributed by atoms with Crippen molar-refractivity contribution in [1.29, 1.82) is 0 Å². The van der Waals surface area contributed by atoms with E-state index in [0.717, 1.165) is 0 Å². The number of allylic oxidation sites excluding steroid dienone is 1. The molecule has 1 heterocycles. The molecule has 0 fully saturated rings. The maximum Gasteiger partial charge on any atom is 0.275 e. The van der Waals surface area contributed by atoms with Crippen molar-refractivity contribution in [2.75, 3.05) is 0 Å². The van der Waals surface area contributed by atoms with Gasteiger partial charge in [0.1, 0.15) is 5.82 Å². The first kappa shape index (κ1) is 20.9. The summed E-state index contributed by atoms with van der Waals surface area (Å²) in [6.07, 6.45) is 3.11. The van der Waals surface area contributed by atoms with Crippen LogP contribution in [-0.2, 0) is 10.0 Å². The first-order valence-corrected chi connectivity index (χ1v) is 10.5. The summed E-state index contributed by atoms with van der Waals surface area (Å²) < 4.78 is 37.7. The van der Waals surface area contributed by atoms with Crippen LogP contribution in [0.1, 0.15) is 13.0 Å². The van der Waals surface area contributed by atoms with Crippen LogP contribution in [0.2, 0.25) is 0 Å². The highest BCUT2D eigenvalue weighted by atomic mass is 35.5. The minimum absolute atomic E-state index is 0.0493. The van der Waals surface area contributed by atoms with Crippen LogP contribution in [0.15, 0.2) is 76.0 Å². The van der Waals surface area contributed by atoms with Gasteiger partial charge in [0.05, 0.1) is 22.7 Å². The van der Waals surface area contributed by atoms with Crippen molar-refractivity contribution in [2.24, 2.45) is 5.14 Å². The summed E-state index contributed by atoms with van der Waals surface area (Å²) in [6, 6.07) is 10.9. The van der Waals surface area contributed by atoms with E-state index in [1.54, 1.807) is 13.0 Å². The molecule has 3 aromatic rings. The van der Waals surface area contributed by atoms with E-state index >= 15 is 0 Å². The molecule has 6 nitrogen and oxygen atoms in total. The van der Waals surface area contributed by atoms with Crippen molar-refractivity contribution >= 4 is 21.6 Å². The second kappa shape index (κ2) is 8.28. The van der Waals surface area contributed by atoms with Gasteiger partial charge in [-0.05, 0) is 48.4 Å². The first-order chi connectivity index (χ1) is 13.7. The van der Waals surface area contributed by atoms with Gasteiger partial charge in [0.25, 0.3) is 5.56 Å². The largest absolute Gasteiger partial charge is 0.275 e. The Morgan fingerprint density at radius 2 is 1.69 bits per heavy atom. The SMILES string of the molecule is CC(/C=C/Cl)n1ncc(-c2ccc(S(N)(=O)=O)cc2)c(-c2ccc(F)cc2)c1=O. The minimum Gasteiger partial charge on any atom is -0.267 e. The average Bonchev–Trinajstić information content (AvgIpc) is 2.68. The molecule has 0 aliphatic heterocycles. The Kier molecular flexibility index (Phi) is 5.97. The summed E-state index contributed by atoms with van der Waals surface area (Å²) in [5, 5.41) is 9.37. The molecule has 0 radical (unpaired) electrons. The molecule has 1 unspecified atom stereocenters. The van der Waals surface area contributed by atoms with Crippen LogP contribution in [0.25, 0.3) is 22.3 Å². The van der Waals surface area contributed by atoms with Gasteiger partial charge >= 0.3 is 0 Å². The van der Waals surface area contributed by atoms with Gasteiger partial charge in [-0.2, -0.15) is 5.10 Å². The predicted molar refractivity (Wildman–Crippen MR) is 110 cm³/mol. The van der Waals surface area contributed by atoms with Crippen LogP contribution >= 0.6 is 11.6 Å². The molecular weight excluding hydrogens is 417 g/mol. The number of aromatic nitrogens is 2. The minimum atomic E-state index is -3.84.